The van der Waals surface area contributed by atoms with Gasteiger partial charge >= 0.3 is 0 Å². The lowest BCUT2D eigenvalue weighted by Crippen LogP contribution is -2.47. The van der Waals surface area contributed by atoms with Crippen LogP contribution in [0.25, 0.3) is 0 Å². The molecule has 0 N–H and O–H groups in total. The number of hydrogen-bond donors (Lipinski definition) is 0. The third kappa shape index (κ3) is 2.21. The summed E-state index contributed by atoms with van der Waals surface area (Å²) in [6, 6.07) is 1.67. The van der Waals surface area contributed by atoms with Crippen LogP contribution in [0, 0.1) is 18.2 Å². The van der Waals surface area contributed by atoms with Crippen LogP contribution in [0.2, 0.25) is 0 Å². The Bertz CT molecular complexity index is 435. The smallest absolute Gasteiger partial charge is 0.213 e. The monoisotopic (exact) mass is 251 g/mol. The molecule has 2 heterocycles. The maximum absolute atomic E-state index is 13.1. The molecule has 1 aliphatic heterocycles. The van der Waals surface area contributed by atoms with E-state index in [2.05, 4.69) is 4.98 Å². The van der Waals surface area contributed by atoms with E-state index in [1.165, 1.54) is 6.20 Å². The third-order valence-electron chi connectivity index (χ3n) is 4.18. The van der Waals surface area contributed by atoms with E-state index in [4.69, 9.17) is 9.47 Å². The van der Waals surface area contributed by atoms with E-state index >= 15 is 0 Å². The van der Waals surface area contributed by atoms with E-state index in [-0.39, 0.29) is 11.9 Å². The summed E-state index contributed by atoms with van der Waals surface area (Å²) < 4.78 is 24.3. The summed E-state index contributed by atoms with van der Waals surface area (Å²) in [6.45, 7) is 3.48. The number of nitrogens with zero attached hydrogens (tertiary/aromatic N) is 1. The quantitative estimate of drug-likeness (QED) is 0.810. The highest BCUT2D eigenvalue weighted by Gasteiger charge is 2.46. The Morgan fingerprint density at radius 1 is 1.39 bits per heavy atom. The molecule has 3 nitrogen and oxygen atoms in total. The van der Waals surface area contributed by atoms with E-state index < -0.39 is 0 Å². The number of halogens is 1. The van der Waals surface area contributed by atoms with E-state index in [0.717, 1.165) is 38.9 Å². The van der Waals surface area contributed by atoms with Crippen molar-refractivity contribution in [1.29, 1.82) is 0 Å². The molecule has 3 rings (SSSR count). The Kier molecular flexibility index (Phi) is 2.98. The maximum atomic E-state index is 13.1. The first kappa shape index (κ1) is 11.9. The topological polar surface area (TPSA) is 31.4 Å². The molecule has 0 aromatic carbocycles. The zero-order valence-corrected chi connectivity index (χ0v) is 10.6. The first-order chi connectivity index (χ1) is 8.67. The van der Waals surface area contributed by atoms with Crippen molar-refractivity contribution < 1.29 is 13.9 Å². The van der Waals surface area contributed by atoms with E-state index in [1.807, 2.05) is 0 Å². The van der Waals surface area contributed by atoms with Gasteiger partial charge < -0.3 is 9.47 Å². The lowest BCUT2D eigenvalue weighted by Gasteiger charge is -2.49. The number of rotatable bonds is 2. The van der Waals surface area contributed by atoms with Crippen molar-refractivity contribution in [1.82, 2.24) is 4.98 Å². The molecule has 1 saturated heterocycles. The highest BCUT2D eigenvalue weighted by molar-refractivity contribution is 5.21. The van der Waals surface area contributed by atoms with Gasteiger partial charge in [0.05, 0.1) is 6.20 Å². The van der Waals surface area contributed by atoms with Gasteiger partial charge in [-0.15, -0.1) is 0 Å². The van der Waals surface area contributed by atoms with Gasteiger partial charge in [0.2, 0.25) is 5.88 Å². The molecular formula is C14H18FNO2. The predicted molar refractivity (Wildman–Crippen MR) is 65.1 cm³/mol. The highest BCUT2D eigenvalue weighted by atomic mass is 19.1. The maximum Gasteiger partial charge on any atom is 0.213 e. The first-order valence-corrected chi connectivity index (χ1v) is 6.53. The molecule has 1 aliphatic carbocycles. The molecule has 1 aromatic rings. The minimum absolute atomic E-state index is 0.237. The molecule has 1 saturated carbocycles. The van der Waals surface area contributed by atoms with Gasteiger partial charge in [0, 0.05) is 19.3 Å². The van der Waals surface area contributed by atoms with Crippen molar-refractivity contribution in [2.24, 2.45) is 5.41 Å². The lowest BCUT2D eigenvalue weighted by molar-refractivity contribution is -0.0869. The number of aromatic nitrogens is 1. The van der Waals surface area contributed by atoms with Crippen molar-refractivity contribution in [3.8, 4) is 5.88 Å². The van der Waals surface area contributed by atoms with Gasteiger partial charge in [-0.1, -0.05) is 0 Å². The van der Waals surface area contributed by atoms with Crippen LogP contribution in [0.4, 0.5) is 4.39 Å². The Morgan fingerprint density at radius 3 is 2.78 bits per heavy atom. The Hall–Kier alpha value is -1.16. The second kappa shape index (κ2) is 4.50. The van der Waals surface area contributed by atoms with Gasteiger partial charge in [-0.3, -0.25) is 0 Å². The minimum Gasteiger partial charge on any atom is -0.474 e. The number of ether oxygens (including phenoxy) is 2. The van der Waals surface area contributed by atoms with Gasteiger partial charge in [0.15, 0.2) is 0 Å². The molecule has 0 atom stereocenters. The van der Waals surface area contributed by atoms with Crippen LogP contribution in [-0.2, 0) is 4.74 Å². The summed E-state index contributed by atoms with van der Waals surface area (Å²) in [5, 5.41) is 0. The van der Waals surface area contributed by atoms with Crippen LogP contribution in [0.15, 0.2) is 12.3 Å². The van der Waals surface area contributed by atoms with Crippen LogP contribution in [-0.4, -0.2) is 24.3 Å². The standard InChI is InChI=1S/C14H18FNO2/c1-10-6-13(16-9-12(10)15)18-11-7-14(8-11)2-4-17-5-3-14/h6,9,11H,2-5,7-8H2,1H3. The molecule has 18 heavy (non-hydrogen) atoms. The molecule has 0 bridgehead atoms. The van der Waals surface area contributed by atoms with Crippen LogP contribution in [0.5, 0.6) is 5.88 Å². The number of pyridine rings is 1. The van der Waals surface area contributed by atoms with E-state index in [0.29, 0.717) is 16.9 Å². The number of aryl methyl sites for hydroxylation is 1. The highest BCUT2D eigenvalue weighted by Crippen LogP contribution is 2.49. The molecule has 2 aliphatic rings. The van der Waals surface area contributed by atoms with Crippen LogP contribution < -0.4 is 4.74 Å². The molecule has 4 heteroatoms. The molecule has 98 valence electrons. The second-order valence-electron chi connectivity index (χ2n) is 5.53. The summed E-state index contributed by atoms with van der Waals surface area (Å²) in [5.74, 6) is 0.262. The first-order valence-electron chi connectivity index (χ1n) is 6.53. The fourth-order valence-electron chi connectivity index (χ4n) is 2.95. The van der Waals surface area contributed by atoms with Crippen molar-refractivity contribution in [3.63, 3.8) is 0 Å². The molecule has 0 unspecified atom stereocenters. The van der Waals surface area contributed by atoms with Crippen molar-refractivity contribution in [2.75, 3.05) is 13.2 Å². The zero-order valence-electron chi connectivity index (χ0n) is 10.6. The zero-order chi connectivity index (χ0) is 12.6. The van der Waals surface area contributed by atoms with Gasteiger partial charge in [-0.2, -0.15) is 0 Å². The fourth-order valence-corrected chi connectivity index (χ4v) is 2.95. The van der Waals surface area contributed by atoms with E-state index in [9.17, 15) is 4.39 Å². The van der Waals surface area contributed by atoms with Crippen molar-refractivity contribution in [3.05, 3.63) is 23.6 Å². The Balaban J connectivity index is 1.57. The van der Waals surface area contributed by atoms with Crippen LogP contribution in [0.1, 0.15) is 31.2 Å². The summed E-state index contributed by atoms with van der Waals surface area (Å²) in [5.41, 5.74) is 1.03. The molecule has 1 aromatic heterocycles. The molecule has 1 spiro atoms. The second-order valence-corrected chi connectivity index (χ2v) is 5.53. The van der Waals surface area contributed by atoms with Gasteiger partial charge in [0.25, 0.3) is 0 Å². The van der Waals surface area contributed by atoms with Crippen LogP contribution >= 0.6 is 0 Å². The van der Waals surface area contributed by atoms with E-state index in [1.54, 1.807) is 13.0 Å². The normalized spacial score (nSPS) is 22.8. The summed E-state index contributed by atoms with van der Waals surface area (Å²) in [7, 11) is 0. The minimum atomic E-state index is -0.281. The third-order valence-corrected chi connectivity index (χ3v) is 4.18. The largest absolute Gasteiger partial charge is 0.474 e. The van der Waals surface area contributed by atoms with Gasteiger partial charge in [-0.05, 0) is 43.6 Å². The Morgan fingerprint density at radius 2 is 2.11 bits per heavy atom. The van der Waals surface area contributed by atoms with Gasteiger partial charge in [-0.25, -0.2) is 9.37 Å². The SMILES string of the molecule is Cc1cc(OC2CC3(CCOCC3)C2)ncc1F. The summed E-state index contributed by atoms with van der Waals surface area (Å²) in [4.78, 5) is 3.97. The summed E-state index contributed by atoms with van der Waals surface area (Å²) >= 11 is 0. The summed E-state index contributed by atoms with van der Waals surface area (Å²) in [6.07, 6.45) is 5.91. The van der Waals surface area contributed by atoms with Gasteiger partial charge in [0.1, 0.15) is 11.9 Å². The Labute approximate surface area is 106 Å². The molecule has 0 amide bonds. The lowest BCUT2D eigenvalue weighted by atomic mass is 9.62. The molecule has 0 radical (unpaired) electrons. The van der Waals surface area contributed by atoms with Crippen molar-refractivity contribution in [2.45, 2.75) is 38.7 Å². The molecule has 2 fully saturated rings. The van der Waals surface area contributed by atoms with Crippen LogP contribution in [0.3, 0.4) is 0 Å². The average Bonchev–Trinajstić information content (AvgIpc) is 2.33. The van der Waals surface area contributed by atoms with Crippen molar-refractivity contribution >= 4 is 0 Å². The average molecular weight is 251 g/mol. The molecular weight excluding hydrogens is 233 g/mol. The predicted octanol–water partition coefficient (Wildman–Crippen LogP) is 2.87. The number of hydrogen-bond acceptors (Lipinski definition) is 3. The fraction of sp³-hybridized carbons (Fsp3) is 0.643.